The number of nitrogens with one attached hydrogen (secondary N) is 1. The third kappa shape index (κ3) is 3.92. The van der Waals surface area contributed by atoms with Crippen LogP contribution in [0.15, 0.2) is 67.7 Å². The van der Waals surface area contributed by atoms with E-state index < -0.39 is 5.63 Å². The van der Waals surface area contributed by atoms with Gasteiger partial charge in [0, 0.05) is 27.1 Å². The molecule has 148 valence electrons. The largest absolute Gasteiger partial charge is 0.422 e. The first-order chi connectivity index (χ1) is 14.5. The lowest BCUT2D eigenvalue weighted by Crippen LogP contribution is -2.03. The van der Waals surface area contributed by atoms with E-state index in [0.717, 1.165) is 26.7 Å². The van der Waals surface area contributed by atoms with Crippen molar-refractivity contribution >= 4 is 49.5 Å². The highest BCUT2D eigenvalue weighted by molar-refractivity contribution is 9.10. The molecule has 2 aromatic carbocycles. The summed E-state index contributed by atoms with van der Waals surface area (Å²) in [7, 11) is 0. The molecule has 4 rings (SSSR count). The van der Waals surface area contributed by atoms with Crippen molar-refractivity contribution in [1.82, 2.24) is 4.98 Å². The summed E-state index contributed by atoms with van der Waals surface area (Å²) in [6.07, 6.45) is 1.64. The smallest absolute Gasteiger partial charge is 0.345 e. The van der Waals surface area contributed by atoms with E-state index in [2.05, 4.69) is 32.3 Å². The van der Waals surface area contributed by atoms with Crippen LogP contribution in [-0.2, 0) is 0 Å². The summed E-state index contributed by atoms with van der Waals surface area (Å²) in [6.45, 7) is 4.06. The van der Waals surface area contributed by atoms with E-state index in [1.54, 1.807) is 23.7 Å². The van der Waals surface area contributed by atoms with Gasteiger partial charge in [0.2, 0.25) is 0 Å². The van der Waals surface area contributed by atoms with Crippen molar-refractivity contribution in [3.8, 4) is 17.3 Å². The van der Waals surface area contributed by atoms with Crippen molar-refractivity contribution in [3.05, 3.63) is 85.1 Å². The van der Waals surface area contributed by atoms with E-state index >= 15 is 0 Å². The number of benzene rings is 2. The Labute approximate surface area is 185 Å². The average Bonchev–Trinajstić information content (AvgIpc) is 3.21. The van der Waals surface area contributed by atoms with Crippen LogP contribution < -0.4 is 10.9 Å². The molecule has 0 amide bonds. The zero-order valence-electron chi connectivity index (χ0n) is 16.2. The van der Waals surface area contributed by atoms with Gasteiger partial charge < -0.3 is 9.73 Å². The second kappa shape index (κ2) is 8.27. The molecule has 0 radical (unpaired) electrons. The van der Waals surface area contributed by atoms with Gasteiger partial charge >= 0.3 is 5.63 Å². The van der Waals surface area contributed by atoms with Crippen LogP contribution in [0.5, 0.6) is 0 Å². The molecular weight excluding hydrogens is 462 g/mol. The number of fused-ring (bicyclic) bond motifs is 1. The van der Waals surface area contributed by atoms with E-state index in [9.17, 15) is 10.1 Å². The molecule has 0 unspecified atom stereocenters. The van der Waals surface area contributed by atoms with Crippen molar-refractivity contribution in [2.45, 2.75) is 13.8 Å². The highest BCUT2D eigenvalue weighted by atomic mass is 79.9. The summed E-state index contributed by atoms with van der Waals surface area (Å²) in [6, 6.07) is 15.3. The molecule has 4 aromatic rings. The van der Waals surface area contributed by atoms with E-state index in [4.69, 9.17) is 4.42 Å². The Morgan fingerprint density at radius 3 is 2.90 bits per heavy atom. The minimum absolute atomic E-state index is 0.364. The van der Waals surface area contributed by atoms with Gasteiger partial charge in [0.15, 0.2) is 0 Å². The fraction of sp³-hybridized carbons (Fsp3) is 0.0870. The van der Waals surface area contributed by atoms with Gasteiger partial charge in [0.1, 0.15) is 22.2 Å². The standard InChI is InChI=1S/C23H16BrN3O2S/c1-13-4-3-5-19(14(13)2)26-11-16(10-25)22-27-20(12-30-22)18-9-15-8-17(24)6-7-21(15)29-23(18)28/h3-9,11-12,26H,1-2H3. The summed E-state index contributed by atoms with van der Waals surface area (Å²) in [4.78, 5) is 17.0. The first-order valence-corrected chi connectivity index (χ1v) is 10.8. The lowest BCUT2D eigenvalue weighted by molar-refractivity contribution is 0.563. The molecule has 2 heterocycles. The summed E-state index contributed by atoms with van der Waals surface area (Å²) < 4.78 is 6.31. The van der Waals surface area contributed by atoms with Gasteiger partial charge in [-0.2, -0.15) is 5.26 Å². The fourth-order valence-electron chi connectivity index (χ4n) is 2.99. The molecule has 2 aromatic heterocycles. The van der Waals surface area contributed by atoms with E-state index in [-0.39, 0.29) is 0 Å². The van der Waals surface area contributed by atoms with Crippen molar-refractivity contribution in [1.29, 1.82) is 5.26 Å². The predicted molar refractivity (Wildman–Crippen MR) is 124 cm³/mol. The number of aromatic nitrogens is 1. The molecule has 30 heavy (non-hydrogen) atoms. The molecule has 1 N–H and O–H groups in total. The molecule has 0 atom stereocenters. The number of allylic oxidation sites excluding steroid dienone is 1. The zero-order chi connectivity index (χ0) is 21.3. The van der Waals surface area contributed by atoms with Crippen LogP contribution in [0.4, 0.5) is 5.69 Å². The fourth-order valence-corrected chi connectivity index (χ4v) is 4.16. The molecule has 7 heteroatoms. The number of hydrogen-bond donors (Lipinski definition) is 1. The SMILES string of the molecule is Cc1cccc(NC=C(C#N)c2nc(-c3cc4cc(Br)ccc4oc3=O)cs2)c1C. The molecule has 0 aliphatic carbocycles. The third-order valence-electron chi connectivity index (χ3n) is 4.80. The van der Waals surface area contributed by atoms with Gasteiger partial charge in [0.05, 0.1) is 11.3 Å². The number of rotatable bonds is 4. The Balaban J connectivity index is 1.68. The van der Waals surface area contributed by atoms with Crippen LogP contribution in [0.25, 0.3) is 27.8 Å². The summed E-state index contributed by atoms with van der Waals surface area (Å²) in [5.74, 6) is 0. The molecular formula is C23H16BrN3O2S. The second-order valence-electron chi connectivity index (χ2n) is 6.73. The van der Waals surface area contributed by atoms with Crippen molar-refractivity contribution < 1.29 is 4.42 Å². The van der Waals surface area contributed by atoms with Gasteiger partial charge in [-0.3, -0.25) is 0 Å². The van der Waals surface area contributed by atoms with Crippen LogP contribution in [0.1, 0.15) is 16.1 Å². The highest BCUT2D eigenvalue weighted by Gasteiger charge is 2.14. The Hall–Kier alpha value is -3.21. The van der Waals surface area contributed by atoms with E-state index in [0.29, 0.717) is 27.4 Å². The number of anilines is 1. The molecule has 0 saturated carbocycles. The lowest BCUT2D eigenvalue weighted by atomic mass is 10.1. The van der Waals surface area contributed by atoms with Crippen LogP contribution in [0.2, 0.25) is 0 Å². The topological polar surface area (TPSA) is 78.9 Å². The molecule has 0 aliphatic rings. The molecule has 0 saturated heterocycles. The maximum absolute atomic E-state index is 12.4. The van der Waals surface area contributed by atoms with Crippen LogP contribution in [0.3, 0.4) is 0 Å². The number of thiazole rings is 1. The van der Waals surface area contributed by atoms with E-state index in [1.165, 1.54) is 11.3 Å². The Bertz CT molecular complexity index is 1400. The molecule has 5 nitrogen and oxygen atoms in total. The van der Waals surface area contributed by atoms with Gasteiger partial charge in [0.25, 0.3) is 0 Å². The van der Waals surface area contributed by atoms with Crippen LogP contribution in [0, 0.1) is 25.2 Å². The first-order valence-electron chi connectivity index (χ1n) is 9.09. The van der Waals surface area contributed by atoms with Gasteiger partial charge in [-0.1, -0.05) is 28.1 Å². The minimum atomic E-state index is -0.460. The Morgan fingerprint density at radius 1 is 1.27 bits per heavy atom. The summed E-state index contributed by atoms with van der Waals surface area (Å²) >= 11 is 4.73. The monoisotopic (exact) mass is 477 g/mol. The molecule has 0 aliphatic heterocycles. The van der Waals surface area contributed by atoms with Crippen molar-refractivity contribution in [3.63, 3.8) is 0 Å². The minimum Gasteiger partial charge on any atom is -0.422 e. The Morgan fingerprint density at radius 2 is 2.10 bits per heavy atom. The summed E-state index contributed by atoms with van der Waals surface area (Å²) in [5.41, 5.74) is 4.50. The van der Waals surface area contributed by atoms with Gasteiger partial charge in [-0.25, -0.2) is 9.78 Å². The number of aryl methyl sites for hydroxylation is 1. The number of nitrogens with zero attached hydrogens (tertiary/aromatic N) is 2. The second-order valence-corrected chi connectivity index (χ2v) is 8.50. The van der Waals surface area contributed by atoms with Gasteiger partial charge in [-0.05, 0) is 55.3 Å². The maximum atomic E-state index is 12.4. The quantitative estimate of drug-likeness (QED) is 0.276. The molecule has 0 spiro atoms. The maximum Gasteiger partial charge on any atom is 0.345 e. The van der Waals surface area contributed by atoms with Gasteiger partial charge in [-0.15, -0.1) is 11.3 Å². The van der Waals surface area contributed by atoms with Crippen LogP contribution >= 0.6 is 27.3 Å². The van der Waals surface area contributed by atoms with Crippen LogP contribution in [-0.4, -0.2) is 4.98 Å². The molecule has 0 fully saturated rings. The van der Waals surface area contributed by atoms with Crippen molar-refractivity contribution in [2.24, 2.45) is 0 Å². The predicted octanol–water partition coefficient (Wildman–Crippen LogP) is 6.27. The highest BCUT2D eigenvalue weighted by Crippen LogP contribution is 2.28. The average molecular weight is 478 g/mol. The third-order valence-corrected chi connectivity index (χ3v) is 6.17. The normalized spacial score (nSPS) is 11.5. The van der Waals surface area contributed by atoms with E-state index in [1.807, 2.05) is 44.2 Å². The summed E-state index contributed by atoms with van der Waals surface area (Å²) in [5, 5.41) is 15.9. The lowest BCUT2D eigenvalue weighted by Gasteiger charge is -2.08. The zero-order valence-corrected chi connectivity index (χ0v) is 18.6. The number of hydrogen-bond acceptors (Lipinski definition) is 6. The number of nitriles is 1. The molecule has 0 bridgehead atoms. The number of halogens is 1. The Kier molecular flexibility index (Phi) is 5.53. The van der Waals surface area contributed by atoms with Crippen molar-refractivity contribution in [2.75, 3.05) is 5.32 Å². The first kappa shape index (κ1) is 20.1.